The van der Waals surface area contributed by atoms with Gasteiger partial charge in [0.2, 0.25) is 0 Å². The van der Waals surface area contributed by atoms with E-state index in [4.69, 9.17) is 14.7 Å². The summed E-state index contributed by atoms with van der Waals surface area (Å²) in [4.78, 5) is 52.0. The Morgan fingerprint density at radius 3 is 2.59 bits per heavy atom. The standard InChI is InChI=1S/C37H41N7O5/c1-25-11-14-31(33(22-25)49-21-6-5-8-27(24-45)44-19-17-42(2)18-20-44)43(3)37(47)26-12-13-29(32(23-26)48-4)40-36(46)28-9-7-10-30-35(28)41-34(39-30)15-16-38/h7,9-14,22-23H,5-6,8,15,17-21H2,1-4H3,(H,39,41)(H,40,46). The Kier molecular flexibility index (Phi) is 11.3. The van der Waals surface area contributed by atoms with Crippen LogP contribution >= 0.6 is 0 Å². The SMILES string of the molecule is COc1cc(C(=O)N(C)c2ccc(C)cc2OCCCCC(=C=O)N2CCN(C)CC2)ccc1NC(=O)c1cccc2nc(CC#N)[nH]c12. The summed E-state index contributed by atoms with van der Waals surface area (Å²) in [6, 6.07) is 17.7. The molecule has 1 aliphatic rings. The molecule has 1 fully saturated rings. The van der Waals surface area contributed by atoms with E-state index in [1.165, 1.54) is 12.0 Å². The van der Waals surface area contributed by atoms with Crippen LogP contribution in [0.4, 0.5) is 11.4 Å². The Morgan fingerprint density at radius 1 is 1.06 bits per heavy atom. The number of unbranched alkanes of at least 4 members (excludes halogenated alkanes) is 1. The molecule has 2 amide bonds. The fourth-order valence-electron chi connectivity index (χ4n) is 5.79. The third-order valence-electron chi connectivity index (χ3n) is 8.60. The van der Waals surface area contributed by atoms with Gasteiger partial charge in [0.05, 0.1) is 59.9 Å². The molecule has 0 atom stereocenters. The summed E-state index contributed by atoms with van der Waals surface area (Å²) < 4.78 is 11.7. The summed E-state index contributed by atoms with van der Waals surface area (Å²) >= 11 is 0. The van der Waals surface area contributed by atoms with E-state index in [1.807, 2.05) is 25.1 Å². The minimum absolute atomic E-state index is 0.0994. The maximum absolute atomic E-state index is 13.7. The number of aromatic amines is 1. The van der Waals surface area contributed by atoms with Crippen LogP contribution in [0.2, 0.25) is 0 Å². The van der Waals surface area contributed by atoms with Crippen LogP contribution in [0, 0.1) is 18.3 Å². The molecule has 12 nitrogen and oxygen atoms in total. The number of fused-ring (bicyclic) bond motifs is 1. The van der Waals surface area contributed by atoms with E-state index in [1.54, 1.807) is 43.4 Å². The number of ether oxygens (including phenoxy) is 2. The first kappa shape index (κ1) is 34.7. The molecule has 254 valence electrons. The van der Waals surface area contributed by atoms with Crippen molar-refractivity contribution >= 4 is 40.2 Å². The van der Waals surface area contributed by atoms with Gasteiger partial charge < -0.3 is 34.5 Å². The minimum Gasteiger partial charge on any atom is -0.495 e. The first-order valence-electron chi connectivity index (χ1n) is 16.2. The Balaban J connectivity index is 1.23. The number of H-pyrrole nitrogens is 1. The average molecular weight is 664 g/mol. The van der Waals surface area contributed by atoms with Crippen molar-refractivity contribution in [1.29, 1.82) is 5.26 Å². The summed E-state index contributed by atoms with van der Waals surface area (Å²) in [6.07, 6.45) is 2.28. The van der Waals surface area contributed by atoms with Gasteiger partial charge in [-0.3, -0.25) is 9.59 Å². The number of aromatic nitrogens is 2. The summed E-state index contributed by atoms with van der Waals surface area (Å²) in [7, 11) is 5.24. The molecule has 2 N–H and O–H groups in total. The molecule has 0 saturated carbocycles. The van der Waals surface area contributed by atoms with Crippen LogP contribution in [-0.2, 0) is 11.2 Å². The largest absolute Gasteiger partial charge is 0.495 e. The second-order valence-corrected chi connectivity index (χ2v) is 12.1. The quantitative estimate of drug-likeness (QED) is 0.149. The number of nitrogens with zero attached hydrogens (tertiary/aromatic N) is 5. The number of piperazine rings is 1. The molecule has 1 aromatic heterocycles. The summed E-state index contributed by atoms with van der Waals surface area (Å²) in [5, 5.41) is 11.9. The molecule has 3 aromatic carbocycles. The second-order valence-electron chi connectivity index (χ2n) is 12.1. The maximum Gasteiger partial charge on any atom is 0.258 e. The normalized spacial score (nSPS) is 13.0. The molecular weight excluding hydrogens is 622 g/mol. The number of amides is 2. The van der Waals surface area contributed by atoms with E-state index in [0.717, 1.165) is 50.3 Å². The average Bonchev–Trinajstić information content (AvgIpc) is 3.53. The van der Waals surface area contributed by atoms with Gasteiger partial charge in [0.1, 0.15) is 23.3 Å². The van der Waals surface area contributed by atoms with Gasteiger partial charge in [0, 0.05) is 38.8 Å². The zero-order valence-electron chi connectivity index (χ0n) is 28.3. The lowest BCUT2D eigenvalue weighted by Crippen LogP contribution is -2.44. The number of rotatable bonds is 13. The number of aryl methyl sites for hydroxylation is 1. The van der Waals surface area contributed by atoms with Crippen LogP contribution in [0.25, 0.3) is 11.0 Å². The lowest BCUT2D eigenvalue weighted by Gasteiger charge is -2.34. The van der Waals surface area contributed by atoms with Gasteiger partial charge in [-0.2, -0.15) is 5.26 Å². The fourth-order valence-corrected chi connectivity index (χ4v) is 5.79. The van der Waals surface area contributed by atoms with Crippen molar-refractivity contribution in [2.45, 2.75) is 32.6 Å². The van der Waals surface area contributed by atoms with Gasteiger partial charge >= 0.3 is 0 Å². The topological polar surface area (TPSA) is 144 Å². The van der Waals surface area contributed by atoms with Crippen molar-refractivity contribution in [3.8, 4) is 17.6 Å². The highest BCUT2D eigenvalue weighted by molar-refractivity contribution is 6.12. The van der Waals surface area contributed by atoms with E-state index in [-0.39, 0.29) is 12.3 Å². The van der Waals surface area contributed by atoms with Crippen molar-refractivity contribution in [3.05, 3.63) is 82.8 Å². The van der Waals surface area contributed by atoms with Crippen molar-refractivity contribution in [3.63, 3.8) is 0 Å². The van der Waals surface area contributed by atoms with Crippen LogP contribution in [0.15, 0.2) is 60.3 Å². The predicted molar refractivity (Wildman–Crippen MR) is 188 cm³/mol. The number of allylic oxidation sites excluding steroid dienone is 1. The molecule has 0 unspecified atom stereocenters. The molecule has 0 aliphatic carbocycles. The van der Waals surface area contributed by atoms with Gasteiger partial charge in [-0.1, -0.05) is 12.1 Å². The Morgan fingerprint density at radius 2 is 1.86 bits per heavy atom. The third-order valence-corrected chi connectivity index (χ3v) is 8.60. The number of carbonyl (C=O) groups excluding carboxylic acids is 3. The van der Waals surface area contributed by atoms with Crippen molar-refractivity contribution in [1.82, 2.24) is 19.8 Å². The highest BCUT2D eigenvalue weighted by Crippen LogP contribution is 2.32. The summed E-state index contributed by atoms with van der Waals surface area (Å²) in [5.74, 6) is 2.84. The lowest BCUT2D eigenvalue weighted by molar-refractivity contribution is 0.0990. The number of methoxy groups -OCH3 is 1. The molecule has 1 saturated heterocycles. The Hall–Kier alpha value is -5.63. The number of hydrogen-bond acceptors (Lipinski definition) is 9. The summed E-state index contributed by atoms with van der Waals surface area (Å²) in [5.41, 5.74) is 4.55. The maximum atomic E-state index is 13.7. The van der Waals surface area contributed by atoms with Crippen molar-refractivity contribution in [2.75, 3.05) is 64.2 Å². The monoisotopic (exact) mass is 663 g/mol. The Bertz CT molecular complexity index is 1920. The number of para-hydroxylation sites is 1. The van der Waals surface area contributed by atoms with Gasteiger partial charge in [-0.05, 0) is 81.3 Å². The third kappa shape index (κ3) is 8.27. The highest BCUT2D eigenvalue weighted by Gasteiger charge is 2.21. The van der Waals surface area contributed by atoms with Crippen LogP contribution in [0.5, 0.6) is 11.5 Å². The van der Waals surface area contributed by atoms with Crippen molar-refractivity contribution in [2.24, 2.45) is 0 Å². The molecule has 0 bridgehead atoms. The first-order valence-corrected chi connectivity index (χ1v) is 16.2. The number of hydrogen-bond donors (Lipinski definition) is 2. The lowest BCUT2D eigenvalue weighted by atomic mass is 10.1. The van der Waals surface area contributed by atoms with Gasteiger partial charge in [0.15, 0.2) is 0 Å². The van der Waals surface area contributed by atoms with Crippen LogP contribution in [-0.4, -0.2) is 91.5 Å². The number of imidazole rings is 1. The number of anilines is 2. The van der Waals surface area contributed by atoms with Crippen LogP contribution < -0.4 is 19.7 Å². The molecule has 0 spiro atoms. The first-order chi connectivity index (χ1) is 23.7. The molecule has 1 aliphatic heterocycles. The molecule has 5 rings (SSSR count). The Labute approximate surface area is 285 Å². The van der Waals surface area contributed by atoms with E-state index < -0.39 is 5.91 Å². The number of nitrogens with one attached hydrogen (secondary N) is 2. The van der Waals surface area contributed by atoms with Gasteiger partial charge in [-0.15, -0.1) is 0 Å². The molecular formula is C37H41N7O5. The van der Waals surface area contributed by atoms with E-state index >= 15 is 0 Å². The molecule has 0 radical (unpaired) electrons. The van der Waals surface area contributed by atoms with Crippen LogP contribution in [0.1, 0.15) is 51.4 Å². The summed E-state index contributed by atoms with van der Waals surface area (Å²) in [6.45, 7) is 5.93. The van der Waals surface area contributed by atoms with Crippen molar-refractivity contribution < 1.29 is 23.9 Å². The zero-order chi connectivity index (χ0) is 34.9. The smallest absolute Gasteiger partial charge is 0.258 e. The second kappa shape index (κ2) is 16.0. The zero-order valence-corrected chi connectivity index (χ0v) is 28.3. The minimum atomic E-state index is -0.397. The molecule has 49 heavy (non-hydrogen) atoms. The van der Waals surface area contributed by atoms with E-state index in [9.17, 15) is 14.4 Å². The molecule has 12 heteroatoms. The number of likely N-dealkylation sites (N-methyl/N-ethyl adjacent to an activating group) is 1. The molecule has 2 heterocycles. The van der Waals surface area contributed by atoms with E-state index in [0.29, 0.717) is 63.9 Å². The van der Waals surface area contributed by atoms with Gasteiger partial charge in [-0.25, -0.2) is 9.78 Å². The van der Waals surface area contributed by atoms with Crippen LogP contribution in [0.3, 0.4) is 0 Å². The number of nitriles is 1. The fraction of sp³-hybridized carbons (Fsp3) is 0.351. The number of carbonyl (C=O) groups is 2. The predicted octanol–water partition coefficient (Wildman–Crippen LogP) is 4.99. The van der Waals surface area contributed by atoms with E-state index in [2.05, 4.69) is 44.1 Å². The number of benzene rings is 3. The van der Waals surface area contributed by atoms with Gasteiger partial charge in [0.25, 0.3) is 11.8 Å². The highest BCUT2D eigenvalue weighted by atomic mass is 16.5. The molecule has 4 aromatic rings.